The van der Waals surface area contributed by atoms with Gasteiger partial charge in [-0.2, -0.15) is 4.31 Å². The highest BCUT2D eigenvalue weighted by Crippen LogP contribution is 2.29. The second-order valence-corrected chi connectivity index (χ2v) is 7.65. The van der Waals surface area contributed by atoms with Gasteiger partial charge in [-0.15, -0.1) is 10.2 Å². The van der Waals surface area contributed by atoms with Gasteiger partial charge >= 0.3 is 0 Å². The van der Waals surface area contributed by atoms with Crippen LogP contribution in [0.2, 0.25) is 0 Å². The van der Waals surface area contributed by atoms with Gasteiger partial charge in [-0.3, -0.25) is 0 Å². The largest absolute Gasteiger partial charge is 0.496 e. The monoisotopic (exact) mass is 336 g/mol. The molecule has 2 aromatic rings. The summed E-state index contributed by atoms with van der Waals surface area (Å²) in [4.78, 5) is 0.320. The predicted molar refractivity (Wildman–Crippen MR) is 84.8 cm³/mol. The van der Waals surface area contributed by atoms with Crippen molar-refractivity contribution in [3.63, 3.8) is 0 Å². The van der Waals surface area contributed by atoms with Crippen molar-refractivity contribution in [3.8, 4) is 5.75 Å². The van der Waals surface area contributed by atoms with Gasteiger partial charge in [-0.1, -0.05) is 0 Å². The van der Waals surface area contributed by atoms with E-state index in [0.717, 1.165) is 11.4 Å². The Balaban J connectivity index is 1.98. The summed E-state index contributed by atoms with van der Waals surface area (Å²) >= 11 is 0. The number of rotatable bonds is 3. The van der Waals surface area contributed by atoms with Gasteiger partial charge < -0.3 is 9.30 Å². The average molecular weight is 336 g/mol. The molecule has 1 aromatic heterocycles. The molecule has 7 nitrogen and oxygen atoms in total. The maximum Gasteiger partial charge on any atom is 0.243 e. The van der Waals surface area contributed by atoms with Crippen molar-refractivity contribution in [1.82, 2.24) is 19.1 Å². The zero-order valence-electron chi connectivity index (χ0n) is 13.7. The second kappa shape index (κ2) is 5.61. The number of hydrogen-bond acceptors (Lipinski definition) is 5. The Morgan fingerprint density at radius 3 is 2.52 bits per heavy atom. The molecule has 0 saturated heterocycles. The van der Waals surface area contributed by atoms with Gasteiger partial charge in [0, 0.05) is 13.1 Å². The van der Waals surface area contributed by atoms with Crippen molar-refractivity contribution in [1.29, 1.82) is 0 Å². The fourth-order valence-corrected chi connectivity index (χ4v) is 4.56. The summed E-state index contributed by atoms with van der Waals surface area (Å²) < 4.78 is 34.7. The minimum atomic E-state index is -3.58. The Morgan fingerprint density at radius 1 is 1.09 bits per heavy atom. The Bertz CT molecular complexity index is 858. The van der Waals surface area contributed by atoms with E-state index >= 15 is 0 Å². The highest BCUT2D eigenvalue weighted by molar-refractivity contribution is 7.89. The molecular weight excluding hydrogens is 316 g/mol. The molecular formula is C15H20N4O3S. The Hall–Kier alpha value is -1.93. The van der Waals surface area contributed by atoms with E-state index in [4.69, 9.17) is 4.74 Å². The summed E-state index contributed by atoms with van der Waals surface area (Å²) in [5.41, 5.74) is 1.48. The van der Waals surface area contributed by atoms with E-state index in [1.807, 2.05) is 18.4 Å². The van der Waals surface area contributed by atoms with Crippen LogP contribution >= 0.6 is 0 Å². The van der Waals surface area contributed by atoms with Gasteiger partial charge in [-0.25, -0.2) is 8.42 Å². The lowest BCUT2D eigenvalue weighted by atomic mass is 10.1. The van der Waals surface area contributed by atoms with Crippen LogP contribution < -0.4 is 4.74 Å². The third-order valence-electron chi connectivity index (χ3n) is 4.21. The Labute approximate surface area is 135 Å². The molecule has 1 aromatic carbocycles. The van der Waals surface area contributed by atoms with Crippen LogP contribution in [0.25, 0.3) is 0 Å². The zero-order valence-corrected chi connectivity index (χ0v) is 14.5. The van der Waals surface area contributed by atoms with Gasteiger partial charge in [0.25, 0.3) is 0 Å². The summed E-state index contributed by atoms with van der Waals surface area (Å²) in [6.45, 7) is 6.73. The van der Waals surface area contributed by atoms with Crippen LogP contribution in [0.3, 0.4) is 0 Å². The molecule has 2 heterocycles. The van der Waals surface area contributed by atoms with Crippen LogP contribution in [0.1, 0.15) is 22.8 Å². The van der Waals surface area contributed by atoms with E-state index in [1.54, 1.807) is 26.2 Å². The van der Waals surface area contributed by atoms with E-state index in [1.165, 1.54) is 4.31 Å². The summed E-state index contributed by atoms with van der Waals surface area (Å²) in [5, 5.41) is 8.08. The third kappa shape index (κ3) is 2.61. The summed E-state index contributed by atoms with van der Waals surface area (Å²) in [5.74, 6) is 2.18. The van der Waals surface area contributed by atoms with E-state index in [2.05, 4.69) is 10.2 Å². The molecule has 0 radical (unpaired) electrons. The van der Waals surface area contributed by atoms with Gasteiger partial charge in [0.05, 0.1) is 18.6 Å². The number of benzene rings is 1. The van der Waals surface area contributed by atoms with Crippen LogP contribution in [-0.2, 0) is 23.1 Å². The molecule has 124 valence electrons. The van der Waals surface area contributed by atoms with E-state index in [0.29, 0.717) is 35.1 Å². The van der Waals surface area contributed by atoms with Crippen molar-refractivity contribution >= 4 is 10.0 Å². The van der Waals surface area contributed by atoms with Crippen LogP contribution in [0.4, 0.5) is 0 Å². The SMILES string of the molecule is COc1cc(C)c(S(=O)(=O)N2CCn3c(C)nnc3C2)cc1C. The fourth-order valence-electron chi connectivity index (χ4n) is 2.89. The number of ether oxygens (including phenoxy) is 1. The van der Waals surface area contributed by atoms with E-state index in [9.17, 15) is 8.42 Å². The number of hydrogen-bond donors (Lipinski definition) is 0. The van der Waals surface area contributed by atoms with Crippen LogP contribution in [0.5, 0.6) is 5.75 Å². The molecule has 1 aliphatic rings. The fraction of sp³-hybridized carbons (Fsp3) is 0.467. The van der Waals surface area contributed by atoms with Crippen LogP contribution in [0, 0.1) is 20.8 Å². The highest BCUT2D eigenvalue weighted by atomic mass is 32.2. The van der Waals surface area contributed by atoms with Crippen LogP contribution in [0.15, 0.2) is 17.0 Å². The number of methoxy groups -OCH3 is 1. The predicted octanol–water partition coefficient (Wildman–Crippen LogP) is 1.42. The van der Waals surface area contributed by atoms with Crippen molar-refractivity contribution < 1.29 is 13.2 Å². The van der Waals surface area contributed by atoms with Crippen molar-refractivity contribution in [3.05, 3.63) is 34.9 Å². The summed E-state index contributed by atoms with van der Waals surface area (Å²) in [7, 11) is -2.00. The Morgan fingerprint density at radius 2 is 1.83 bits per heavy atom. The smallest absolute Gasteiger partial charge is 0.243 e. The number of fused-ring (bicyclic) bond motifs is 1. The molecule has 0 N–H and O–H groups in total. The van der Waals surface area contributed by atoms with Gasteiger partial charge in [0.15, 0.2) is 0 Å². The van der Waals surface area contributed by atoms with Gasteiger partial charge in [0.2, 0.25) is 10.0 Å². The highest BCUT2D eigenvalue weighted by Gasteiger charge is 2.31. The molecule has 0 spiro atoms. The molecule has 0 unspecified atom stereocenters. The number of nitrogens with zero attached hydrogens (tertiary/aromatic N) is 4. The molecule has 0 amide bonds. The first-order valence-electron chi connectivity index (χ1n) is 7.38. The molecule has 8 heteroatoms. The second-order valence-electron chi connectivity index (χ2n) is 5.74. The lowest BCUT2D eigenvalue weighted by Gasteiger charge is -2.27. The minimum Gasteiger partial charge on any atom is -0.496 e. The summed E-state index contributed by atoms with van der Waals surface area (Å²) in [6, 6.07) is 3.44. The quantitative estimate of drug-likeness (QED) is 0.847. The van der Waals surface area contributed by atoms with Crippen LogP contribution in [-0.4, -0.2) is 41.1 Å². The molecule has 0 saturated carbocycles. The van der Waals surface area contributed by atoms with Crippen molar-refractivity contribution in [2.75, 3.05) is 13.7 Å². The van der Waals surface area contributed by atoms with Gasteiger partial charge in [-0.05, 0) is 44.0 Å². The van der Waals surface area contributed by atoms with E-state index in [-0.39, 0.29) is 6.54 Å². The Kier molecular flexibility index (Phi) is 3.89. The normalized spacial score (nSPS) is 15.5. The number of aromatic nitrogens is 3. The molecule has 0 atom stereocenters. The summed E-state index contributed by atoms with van der Waals surface area (Å²) in [6.07, 6.45) is 0. The average Bonchev–Trinajstić information content (AvgIpc) is 2.90. The van der Waals surface area contributed by atoms with Crippen molar-refractivity contribution in [2.24, 2.45) is 0 Å². The number of sulfonamides is 1. The zero-order chi connectivity index (χ0) is 16.8. The molecule has 0 aliphatic carbocycles. The molecule has 3 rings (SSSR count). The number of aryl methyl sites for hydroxylation is 3. The maximum absolute atomic E-state index is 13.0. The first kappa shape index (κ1) is 15.9. The third-order valence-corrected chi connectivity index (χ3v) is 6.20. The van der Waals surface area contributed by atoms with Gasteiger partial charge in [0.1, 0.15) is 17.4 Å². The molecule has 0 bridgehead atoms. The molecule has 1 aliphatic heterocycles. The molecule has 23 heavy (non-hydrogen) atoms. The van der Waals surface area contributed by atoms with E-state index < -0.39 is 10.0 Å². The topological polar surface area (TPSA) is 77.3 Å². The first-order chi connectivity index (χ1) is 10.8. The first-order valence-corrected chi connectivity index (χ1v) is 8.82. The minimum absolute atomic E-state index is 0.244. The lowest BCUT2D eigenvalue weighted by Crippen LogP contribution is -2.38. The molecule has 0 fully saturated rings. The maximum atomic E-state index is 13.0. The standard InChI is InChI=1S/C15H20N4O3S/c1-10-8-14(11(2)7-13(10)22-4)23(20,21)18-5-6-19-12(3)16-17-15(19)9-18/h7-8H,5-6,9H2,1-4H3. The van der Waals surface area contributed by atoms with Crippen molar-refractivity contribution in [2.45, 2.75) is 38.8 Å². The lowest BCUT2D eigenvalue weighted by molar-refractivity contribution is 0.333.